The molecule has 2 aromatic rings. The number of nitrogens with two attached hydrogens (primary N) is 1. The first kappa shape index (κ1) is 11.2. The van der Waals surface area contributed by atoms with Gasteiger partial charge in [0.1, 0.15) is 0 Å². The second-order valence-corrected chi connectivity index (χ2v) is 3.90. The van der Waals surface area contributed by atoms with Crippen LogP contribution in [0.15, 0.2) is 48.5 Å². The van der Waals surface area contributed by atoms with Crippen LogP contribution in [0.5, 0.6) is 0 Å². The van der Waals surface area contributed by atoms with Crippen molar-refractivity contribution < 1.29 is 4.79 Å². The summed E-state index contributed by atoms with van der Waals surface area (Å²) in [5.74, 6) is 0. The second kappa shape index (κ2) is 4.70. The summed E-state index contributed by atoms with van der Waals surface area (Å²) < 4.78 is 0. The Balaban J connectivity index is 2.51. The van der Waals surface area contributed by atoms with Crippen molar-refractivity contribution in [3.05, 3.63) is 54.1 Å². The summed E-state index contributed by atoms with van der Waals surface area (Å²) in [6.07, 6.45) is 0. The lowest BCUT2D eigenvalue weighted by molar-refractivity contribution is 0.259. The van der Waals surface area contributed by atoms with Gasteiger partial charge < -0.3 is 11.1 Å². The Hall–Kier alpha value is -2.29. The Morgan fingerprint density at radius 2 is 1.82 bits per heavy atom. The van der Waals surface area contributed by atoms with Gasteiger partial charge in [-0.1, -0.05) is 42.0 Å². The molecule has 0 heterocycles. The van der Waals surface area contributed by atoms with Gasteiger partial charge in [-0.25, -0.2) is 4.79 Å². The number of amides is 2. The summed E-state index contributed by atoms with van der Waals surface area (Å²) in [5.41, 5.74) is 9.06. The van der Waals surface area contributed by atoms with E-state index >= 15 is 0 Å². The predicted molar refractivity (Wildman–Crippen MR) is 69.8 cm³/mol. The number of carbonyl (C=O) groups is 1. The average molecular weight is 226 g/mol. The van der Waals surface area contributed by atoms with Crippen LogP contribution < -0.4 is 11.1 Å². The van der Waals surface area contributed by atoms with E-state index in [2.05, 4.69) is 5.32 Å². The highest BCUT2D eigenvalue weighted by Crippen LogP contribution is 2.28. The van der Waals surface area contributed by atoms with E-state index in [0.717, 1.165) is 22.4 Å². The van der Waals surface area contributed by atoms with Crippen molar-refractivity contribution in [2.45, 2.75) is 6.92 Å². The summed E-state index contributed by atoms with van der Waals surface area (Å²) in [6, 6.07) is 15.2. The van der Waals surface area contributed by atoms with E-state index in [9.17, 15) is 4.79 Å². The van der Waals surface area contributed by atoms with Gasteiger partial charge in [0.05, 0.1) is 5.69 Å². The molecule has 0 aliphatic heterocycles. The fourth-order valence-corrected chi connectivity index (χ4v) is 1.76. The first-order valence-electron chi connectivity index (χ1n) is 5.39. The van der Waals surface area contributed by atoms with Gasteiger partial charge in [0.15, 0.2) is 0 Å². The molecule has 0 saturated heterocycles. The maximum atomic E-state index is 10.9. The zero-order valence-corrected chi connectivity index (χ0v) is 9.60. The van der Waals surface area contributed by atoms with E-state index < -0.39 is 6.03 Å². The number of anilines is 1. The fourth-order valence-electron chi connectivity index (χ4n) is 1.76. The normalized spacial score (nSPS) is 9.94. The molecule has 86 valence electrons. The Kier molecular flexibility index (Phi) is 3.10. The number of nitrogens with one attached hydrogen (secondary N) is 1. The third-order valence-electron chi connectivity index (χ3n) is 2.52. The molecule has 0 saturated carbocycles. The Bertz CT molecular complexity index is 535. The van der Waals surface area contributed by atoms with Crippen LogP contribution in [0, 0.1) is 6.92 Å². The van der Waals surface area contributed by atoms with E-state index in [1.807, 2.05) is 55.5 Å². The van der Waals surface area contributed by atoms with Crippen LogP contribution in [-0.4, -0.2) is 6.03 Å². The standard InChI is InChI=1S/C14H14N2O/c1-10-7-8-13(16-14(15)17)12(9-10)11-5-3-2-4-6-11/h2-9H,1H3,(H3,15,16,17). The smallest absolute Gasteiger partial charge is 0.316 e. The zero-order chi connectivity index (χ0) is 12.3. The van der Waals surface area contributed by atoms with Crippen molar-refractivity contribution in [3.8, 4) is 11.1 Å². The molecular weight excluding hydrogens is 212 g/mol. The molecule has 0 aliphatic rings. The lowest BCUT2D eigenvalue weighted by Gasteiger charge is -2.10. The predicted octanol–water partition coefficient (Wildman–Crippen LogP) is 3.15. The van der Waals surface area contributed by atoms with Gasteiger partial charge >= 0.3 is 6.03 Å². The van der Waals surface area contributed by atoms with E-state index in [1.165, 1.54) is 0 Å². The van der Waals surface area contributed by atoms with Gasteiger partial charge in [0, 0.05) is 5.56 Å². The quantitative estimate of drug-likeness (QED) is 0.812. The van der Waals surface area contributed by atoms with Crippen molar-refractivity contribution in [1.29, 1.82) is 0 Å². The second-order valence-electron chi connectivity index (χ2n) is 3.90. The first-order valence-corrected chi connectivity index (χ1v) is 5.39. The lowest BCUT2D eigenvalue weighted by atomic mass is 10.0. The molecule has 0 atom stereocenters. The molecule has 0 radical (unpaired) electrons. The van der Waals surface area contributed by atoms with Crippen molar-refractivity contribution >= 4 is 11.7 Å². The van der Waals surface area contributed by atoms with Gasteiger partial charge in [-0.3, -0.25) is 0 Å². The van der Waals surface area contributed by atoms with Crippen molar-refractivity contribution in [2.24, 2.45) is 5.73 Å². The van der Waals surface area contributed by atoms with Crippen LogP contribution in [0.1, 0.15) is 5.56 Å². The van der Waals surface area contributed by atoms with Gasteiger partial charge in [0.25, 0.3) is 0 Å². The Morgan fingerprint density at radius 1 is 1.12 bits per heavy atom. The highest BCUT2D eigenvalue weighted by atomic mass is 16.2. The SMILES string of the molecule is Cc1ccc(NC(N)=O)c(-c2ccccc2)c1. The zero-order valence-electron chi connectivity index (χ0n) is 9.60. The van der Waals surface area contributed by atoms with Crippen LogP contribution in [0.3, 0.4) is 0 Å². The summed E-state index contributed by atoms with van der Waals surface area (Å²) >= 11 is 0. The monoisotopic (exact) mass is 226 g/mol. The van der Waals surface area contributed by atoms with E-state index in [1.54, 1.807) is 0 Å². The molecule has 0 fully saturated rings. The molecule has 3 N–H and O–H groups in total. The number of urea groups is 1. The van der Waals surface area contributed by atoms with Crippen molar-refractivity contribution in [3.63, 3.8) is 0 Å². The van der Waals surface area contributed by atoms with Crippen molar-refractivity contribution in [1.82, 2.24) is 0 Å². The summed E-state index contributed by atoms with van der Waals surface area (Å²) in [6.45, 7) is 2.01. The molecule has 2 amide bonds. The summed E-state index contributed by atoms with van der Waals surface area (Å²) in [5, 5.41) is 2.64. The Labute approximate surface area is 100 Å². The molecule has 17 heavy (non-hydrogen) atoms. The first-order chi connectivity index (χ1) is 8.16. The third-order valence-corrected chi connectivity index (χ3v) is 2.52. The van der Waals surface area contributed by atoms with Crippen molar-refractivity contribution in [2.75, 3.05) is 5.32 Å². The van der Waals surface area contributed by atoms with Crippen LogP contribution >= 0.6 is 0 Å². The third kappa shape index (κ3) is 2.64. The summed E-state index contributed by atoms with van der Waals surface area (Å²) in [7, 11) is 0. The number of hydrogen-bond acceptors (Lipinski definition) is 1. The largest absolute Gasteiger partial charge is 0.351 e. The summed E-state index contributed by atoms with van der Waals surface area (Å²) in [4.78, 5) is 10.9. The van der Waals surface area contributed by atoms with Gasteiger partial charge in [0.2, 0.25) is 0 Å². The Morgan fingerprint density at radius 3 is 2.47 bits per heavy atom. The number of carbonyl (C=O) groups excluding carboxylic acids is 1. The van der Waals surface area contributed by atoms with E-state index in [4.69, 9.17) is 5.73 Å². The molecule has 0 unspecified atom stereocenters. The number of benzene rings is 2. The van der Waals surface area contributed by atoms with E-state index in [0.29, 0.717) is 0 Å². The molecule has 3 nitrogen and oxygen atoms in total. The molecular formula is C14H14N2O. The molecule has 0 aliphatic carbocycles. The minimum atomic E-state index is -0.550. The van der Waals surface area contributed by atoms with E-state index in [-0.39, 0.29) is 0 Å². The highest BCUT2D eigenvalue weighted by Gasteiger charge is 2.06. The average Bonchev–Trinajstić information content (AvgIpc) is 2.32. The van der Waals surface area contributed by atoms with Gasteiger partial charge in [-0.2, -0.15) is 0 Å². The van der Waals surface area contributed by atoms with Crippen LogP contribution in [0.25, 0.3) is 11.1 Å². The fraction of sp³-hybridized carbons (Fsp3) is 0.0714. The number of hydrogen-bond donors (Lipinski definition) is 2. The maximum absolute atomic E-state index is 10.9. The molecule has 0 aromatic heterocycles. The molecule has 3 heteroatoms. The van der Waals surface area contributed by atoms with Crippen LogP contribution in [-0.2, 0) is 0 Å². The maximum Gasteiger partial charge on any atom is 0.316 e. The topological polar surface area (TPSA) is 55.1 Å². The van der Waals surface area contributed by atoms with Gasteiger partial charge in [-0.15, -0.1) is 0 Å². The van der Waals surface area contributed by atoms with Gasteiger partial charge in [-0.05, 0) is 24.6 Å². The molecule has 0 spiro atoms. The lowest BCUT2D eigenvalue weighted by Crippen LogP contribution is -2.19. The number of aryl methyl sites for hydroxylation is 1. The minimum Gasteiger partial charge on any atom is -0.351 e. The molecule has 0 bridgehead atoms. The minimum absolute atomic E-state index is 0.550. The van der Waals surface area contributed by atoms with Crippen LogP contribution in [0.2, 0.25) is 0 Å². The van der Waals surface area contributed by atoms with Crippen LogP contribution in [0.4, 0.5) is 10.5 Å². The number of rotatable bonds is 2. The molecule has 2 aromatic carbocycles. The number of primary amides is 1. The molecule has 2 rings (SSSR count). The highest BCUT2D eigenvalue weighted by molar-refractivity contribution is 5.93.